The number of amides is 1. The predicted molar refractivity (Wildman–Crippen MR) is 238 cm³/mol. The smallest absolute Gasteiger partial charge is 0.389 e. The zero-order valence-corrected chi connectivity index (χ0v) is 38.0. The summed E-state index contributed by atoms with van der Waals surface area (Å²) in [5, 5.41) is 74.2. The summed E-state index contributed by atoms with van der Waals surface area (Å²) in [6, 6.07) is -1.27. The molecule has 8 unspecified atom stereocenters. The number of nitrogens with one attached hydrogen (secondary N) is 1. The average molecular weight is 876 g/mol. The highest BCUT2D eigenvalue weighted by Crippen LogP contribution is 2.47. The zero-order valence-electron chi connectivity index (χ0n) is 37.1. The van der Waals surface area contributed by atoms with Crippen LogP contribution < -0.4 is 5.32 Å². The number of rotatable bonds is 38. The van der Waals surface area contributed by atoms with Gasteiger partial charge >= 0.3 is 7.82 Å². The fourth-order valence-corrected chi connectivity index (χ4v) is 8.32. The van der Waals surface area contributed by atoms with Gasteiger partial charge in [-0.15, -0.1) is 0 Å². The molecule has 0 aliphatic heterocycles. The summed E-state index contributed by atoms with van der Waals surface area (Å²) in [6.45, 7) is 3.69. The van der Waals surface area contributed by atoms with Gasteiger partial charge in [0.2, 0.25) is 5.91 Å². The predicted octanol–water partition coefficient (Wildman–Crippen LogP) is 7.75. The summed E-state index contributed by atoms with van der Waals surface area (Å²) in [6.07, 6.45) is 27.0. The third-order valence-electron chi connectivity index (χ3n) is 11.2. The molecule has 9 N–H and O–H groups in total. The molecule has 352 valence electrons. The van der Waals surface area contributed by atoms with Crippen LogP contribution in [0.15, 0.2) is 36.5 Å². The highest BCUT2D eigenvalue weighted by Gasteiger charge is 2.51. The summed E-state index contributed by atoms with van der Waals surface area (Å²) < 4.78 is 22.8. The van der Waals surface area contributed by atoms with Crippen molar-refractivity contribution in [3.63, 3.8) is 0 Å². The molecule has 0 heterocycles. The maximum atomic E-state index is 12.9. The van der Waals surface area contributed by atoms with E-state index in [-0.39, 0.29) is 6.42 Å². The molecule has 1 aliphatic carbocycles. The lowest BCUT2D eigenvalue weighted by atomic mass is 9.85. The Balaban J connectivity index is 2.57. The summed E-state index contributed by atoms with van der Waals surface area (Å²) >= 11 is 0. The second-order valence-corrected chi connectivity index (χ2v) is 18.2. The van der Waals surface area contributed by atoms with Gasteiger partial charge in [-0.25, -0.2) is 4.57 Å². The molecule has 1 saturated carbocycles. The Labute approximate surface area is 362 Å². The highest BCUT2D eigenvalue weighted by molar-refractivity contribution is 7.47. The zero-order chi connectivity index (χ0) is 44.4. The molecule has 8 atom stereocenters. The SMILES string of the molecule is CCCCCCCC/C=C\C/C=C\C(O)CC(=O)NC(COP(=O)(O)OC1C(O)C(O)C(O)C(O)C1O)C(O)/C=C/CCCCCCCCCCCCCCCCCCC. The van der Waals surface area contributed by atoms with E-state index in [1.807, 2.05) is 6.08 Å². The van der Waals surface area contributed by atoms with Crippen LogP contribution in [-0.2, 0) is 18.4 Å². The summed E-state index contributed by atoms with van der Waals surface area (Å²) in [5.74, 6) is -0.660. The Hall–Kier alpha value is -1.48. The molecule has 14 heteroatoms. The Morgan fingerprint density at radius 3 is 1.47 bits per heavy atom. The van der Waals surface area contributed by atoms with Crippen molar-refractivity contribution in [1.82, 2.24) is 5.32 Å². The number of aliphatic hydroxyl groups is 7. The minimum atomic E-state index is -5.15. The fourth-order valence-electron chi connectivity index (χ4n) is 7.36. The van der Waals surface area contributed by atoms with Crippen LogP contribution in [0.1, 0.15) is 187 Å². The quantitative estimate of drug-likeness (QED) is 0.0165. The van der Waals surface area contributed by atoms with Crippen molar-refractivity contribution in [3.05, 3.63) is 36.5 Å². The summed E-state index contributed by atoms with van der Waals surface area (Å²) in [7, 11) is -5.15. The second-order valence-electron chi connectivity index (χ2n) is 16.8. The number of hydrogen-bond donors (Lipinski definition) is 9. The maximum Gasteiger partial charge on any atom is 0.472 e. The van der Waals surface area contributed by atoms with Crippen LogP contribution in [0, 0.1) is 0 Å². The lowest BCUT2D eigenvalue weighted by molar-refractivity contribution is -0.220. The molecule has 60 heavy (non-hydrogen) atoms. The van der Waals surface area contributed by atoms with Gasteiger partial charge in [0.1, 0.15) is 36.6 Å². The van der Waals surface area contributed by atoms with E-state index in [1.54, 1.807) is 12.2 Å². The number of aliphatic hydroxyl groups excluding tert-OH is 7. The van der Waals surface area contributed by atoms with Crippen molar-refractivity contribution in [2.75, 3.05) is 6.61 Å². The van der Waals surface area contributed by atoms with Crippen LogP contribution in [0.4, 0.5) is 0 Å². The van der Waals surface area contributed by atoms with E-state index in [0.29, 0.717) is 12.8 Å². The third kappa shape index (κ3) is 27.6. The molecule has 0 bridgehead atoms. The number of phosphoric acid groups is 1. The van der Waals surface area contributed by atoms with Crippen molar-refractivity contribution in [2.24, 2.45) is 0 Å². The van der Waals surface area contributed by atoms with E-state index in [9.17, 15) is 50.0 Å². The summed E-state index contributed by atoms with van der Waals surface area (Å²) in [4.78, 5) is 23.4. The van der Waals surface area contributed by atoms with Gasteiger partial charge in [0.05, 0.1) is 31.3 Å². The van der Waals surface area contributed by atoms with E-state index in [1.165, 1.54) is 134 Å². The molecule has 1 rings (SSSR count). The Kier molecular flexibility index (Phi) is 33.8. The van der Waals surface area contributed by atoms with Gasteiger partial charge in [0.15, 0.2) is 0 Å². The molecular weight excluding hydrogens is 789 g/mol. The molecule has 1 fully saturated rings. The molecule has 0 spiro atoms. The Bertz CT molecular complexity index is 1170. The topological polar surface area (TPSA) is 226 Å². The van der Waals surface area contributed by atoms with E-state index in [4.69, 9.17) is 9.05 Å². The van der Waals surface area contributed by atoms with E-state index < -0.39 is 75.2 Å². The molecular formula is C46H86NO12P. The van der Waals surface area contributed by atoms with E-state index in [2.05, 4.69) is 25.2 Å². The van der Waals surface area contributed by atoms with Crippen LogP contribution >= 0.6 is 7.82 Å². The largest absolute Gasteiger partial charge is 0.472 e. The minimum Gasteiger partial charge on any atom is -0.389 e. The number of phosphoric ester groups is 1. The van der Waals surface area contributed by atoms with Crippen molar-refractivity contribution in [3.8, 4) is 0 Å². The average Bonchev–Trinajstić information content (AvgIpc) is 3.22. The van der Waals surface area contributed by atoms with Gasteiger partial charge in [-0.3, -0.25) is 13.8 Å². The van der Waals surface area contributed by atoms with Crippen LogP contribution in [0.2, 0.25) is 0 Å². The number of carbonyl (C=O) groups excluding carboxylic acids is 1. The molecule has 0 aromatic heterocycles. The van der Waals surface area contributed by atoms with E-state index >= 15 is 0 Å². The van der Waals surface area contributed by atoms with Gasteiger partial charge in [-0.2, -0.15) is 0 Å². The first kappa shape index (κ1) is 56.5. The second kappa shape index (κ2) is 35.9. The number of carbonyl (C=O) groups is 1. The normalized spacial score (nSPS) is 23.7. The van der Waals surface area contributed by atoms with Crippen molar-refractivity contribution in [1.29, 1.82) is 0 Å². The molecule has 0 saturated heterocycles. The lowest BCUT2D eigenvalue weighted by Gasteiger charge is -2.41. The highest BCUT2D eigenvalue weighted by atomic mass is 31.2. The number of hydrogen-bond acceptors (Lipinski definition) is 11. The standard InChI is InChI=1S/C46H86NO12P/c1-3-5-7-9-11-13-15-16-17-18-19-20-21-22-24-26-28-30-32-34-39(49)38(36-58-60(56,57)59-46-44(54)42(52)41(51)43(53)45(46)55)47-40(50)35-37(48)33-31-29-27-25-23-14-12-10-8-6-4-2/h25,27,31-34,37-39,41-46,48-49,51-55H,3-24,26,28-30,35-36H2,1-2H3,(H,47,50)(H,56,57)/b27-25-,33-31-,34-32+. The Morgan fingerprint density at radius 2 is 1.00 bits per heavy atom. The maximum absolute atomic E-state index is 12.9. The van der Waals surface area contributed by atoms with Gasteiger partial charge in [0.25, 0.3) is 0 Å². The van der Waals surface area contributed by atoms with Crippen molar-refractivity contribution in [2.45, 2.75) is 242 Å². The molecule has 0 aromatic rings. The van der Waals surface area contributed by atoms with E-state index in [0.717, 1.165) is 32.1 Å². The van der Waals surface area contributed by atoms with Crippen LogP contribution in [0.25, 0.3) is 0 Å². The lowest BCUT2D eigenvalue weighted by Crippen LogP contribution is -2.64. The monoisotopic (exact) mass is 876 g/mol. The van der Waals surface area contributed by atoms with Crippen LogP contribution in [0.3, 0.4) is 0 Å². The molecule has 13 nitrogen and oxygen atoms in total. The molecule has 1 amide bonds. The minimum absolute atomic E-state index is 0.351. The first-order valence-electron chi connectivity index (χ1n) is 23.5. The summed E-state index contributed by atoms with van der Waals surface area (Å²) in [5.41, 5.74) is 0. The number of allylic oxidation sites excluding steroid dienone is 4. The van der Waals surface area contributed by atoms with Gasteiger partial charge < -0.3 is 46.0 Å². The Morgan fingerprint density at radius 1 is 0.583 bits per heavy atom. The van der Waals surface area contributed by atoms with Crippen LogP contribution in [0.5, 0.6) is 0 Å². The third-order valence-corrected chi connectivity index (χ3v) is 12.2. The molecule has 0 aromatic carbocycles. The van der Waals surface area contributed by atoms with Crippen molar-refractivity contribution < 1.29 is 59.0 Å². The van der Waals surface area contributed by atoms with Gasteiger partial charge in [-0.05, 0) is 32.1 Å². The molecule has 0 radical (unpaired) electrons. The van der Waals surface area contributed by atoms with Crippen LogP contribution in [-0.4, -0.2) is 108 Å². The first-order valence-corrected chi connectivity index (χ1v) is 25.0. The number of unbranched alkanes of at least 4 members (excludes halogenated alkanes) is 23. The van der Waals surface area contributed by atoms with Gasteiger partial charge in [-0.1, -0.05) is 185 Å². The fraction of sp³-hybridized carbons (Fsp3) is 0.848. The van der Waals surface area contributed by atoms with Crippen molar-refractivity contribution >= 4 is 13.7 Å². The van der Waals surface area contributed by atoms with Gasteiger partial charge in [0, 0.05) is 0 Å². The molecule has 1 aliphatic rings. The first-order chi connectivity index (χ1) is 28.8.